The number of nitrogens with zero attached hydrogens (tertiary/aromatic N) is 7. The second kappa shape index (κ2) is 6.87. The van der Waals surface area contributed by atoms with Crippen LogP contribution in [0.3, 0.4) is 0 Å². The van der Waals surface area contributed by atoms with Gasteiger partial charge in [0.2, 0.25) is 5.95 Å². The van der Waals surface area contributed by atoms with Gasteiger partial charge in [0, 0.05) is 57.5 Å². The van der Waals surface area contributed by atoms with Crippen LogP contribution >= 0.6 is 0 Å². The Morgan fingerprint density at radius 2 is 1.96 bits per heavy atom. The number of aromatic nitrogens is 6. The topological polar surface area (TPSA) is 84.9 Å². The van der Waals surface area contributed by atoms with Crippen molar-refractivity contribution < 1.29 is 5.11 Å². The summed E-state index contributed by atoms with van der Waals surface area (Å²) in [6.45, 7) is 1.64. The van der Waals surface area contributed by atoms with Crippen LogP contribution < -0.4 is 4.90 Å². The lowest BCUT2D eigenvalue weighted by molar-refractivity contribution is 0.0823. The number of aliphatic hydroxyl groups excluding tert-OH is 1. The molecule has 0 spiro atoms. The lowest BCUT2D eigenvalue weighted by Gasteiger charge is -2.34. The minimum absolute atomic E-state index is 0.203. The van der Waals surface area contributed by atoms with Gasteiger partial charge in [0.25, 0.3) is 0 Å². The van der Waals surface area contributed by atoms with Gasteiger partial charge in [-0.05, 0) is 24.8 Å². The van der Waals surface area contributed by atoms with E-state index in [0.29, 0.717) is 0 Å². The monoisotopic (exact) mass is 353 g/mol. The Balaban J connectivity index is 1.44. The van der Waals surface area contributed by atoms with Crippen molar-refractivity contribution in [1.29, 1.82) is 0 Å². The molecule has 0 aromatic carbocycles. The van der Waals surface area contributed by atoms with Crippen molar-refractivity contribution in [2.75, 3.05) is 18.0 Å². The number of hydrogen-bond acceptors (Lipinski definition) is 6. The smallest absolute Gasteiger partial charge is 0.225 e. The summed E-state index contributed by atoms with van der Waals surface area (Å²) in [6.07, 6.45) is 10.4. The van der Waals surface area contributed by atoms with E-state index >= 15 is 0 Å². The summed E-state index contributed by atoms with van der Waals surface area (Å²) in [7, 11) is 3.81. The fourth-order valence-corrected chi connectivity index (χ4v) is 3.50. The molecule has 0 aliphatic carbocycles. The third kappa shape index (κ3) is 3.20. The van der Waals surface area contributed by atoms with Crippen molar-refractivity contribution in [3.63, 3.8) is 0 Å². The molecule has 1 aliphatic rings. The molecule has 3 aromatic rings. The summed E-state index contributed by atoms with van der Waals surface area (Å²) in [6, 6.07) is 1.90. The summed E-state index contributed by atoms with van der Waals surface area (Å²) >= 11 is 0. The maximum atomic E-state index is 10.6. The number of aryl methyl sites for hydroxylation is 2. The number of piperidine rings is 1. The SMILES string of the molecule is Cn1cc(-c2ccnc(N3CCC([C@H](O)c4nccn4C)CC3)n2)cn1. The number of hydrogen-bond donors (Lipinski definition) is 1. The Hall–Kier alpha value is -2.74. The second-order valence-electron chi connectivity index (χ2n) is 6.81. The average molecular weight is 353 g/mol. The largest absolute Gasteiger partial charge is 0.385 e. The zero-order valence-corrected chi connectivity index (χ0v) is 15.0. The first-order valence-corrected chi connectivity index (χ1v) is 8.84. The highest BCUT2D eigenvalue weighted by Gasteiger charge is 2.29. The Bertz CT molecular complexity index is 879. The average Bonchev–Trinajstić information content (AvgIpc) is 3.30. The minimum atomic E-state index is -0.528. The van der Waals surface area contributed by atoms with Crippen molar-refractivity contribution in [1.82, 2.24) is 29.3 Å². The lowest BCUT2D eigenvalue weighted by atomic mass is 9.91. The van der Waals surface area contributed by atoms with Crippen LogP contribution in [0.5, 0.6) is 0 Å². The summed E-state index contributed by atoms with van der Waals surface area (Å²) in [4.78, 5) is 15.6. The molecule has 8 nitrogen and oxygen atoms in total. The van der Waals surface area contributed by atoms with Gasteiger partial charge in [-0.3, -0.25) is 4.68 Å². The van der Waals surface area contributed by atoms with Crippen molar-refractivity contribution in [3.05, 3.63) is 42.9 Å². The Kier molecular flexibility index (Phi) is 4.42. The molecule has 1 aliphatic heterocycles. The molecule has 0 saturated carbocycles. The van der Waals surface area contributed by atoms with Crippen LogP contribution in [-0.4, -0.2) is 47.5 Å². The number of imidazole rings is 1. The Morgan fingerprint density at radius 3 is 2.62 bits per heavy atom. The van der Waals surface area contributed by atoms with Crippen LogP contribution in [0.4, 0.5) is 5.95 Å². The highest BCUT2D eigenvalue weighted by atomic mass is 16.3. The fourth-order valence-electron chi connectivity index (χ4n) is 3.50. The van der Waals surface area contributed by atoms with E-state index in [1.54, 1.807) is 17.1 Å². The third-order valence-electron chi connectivity index (χ3n) is 5.04. The van der Waals surface area contributed by atoms with E-state index in [-0.39, 0.29) is 5.92 Å². The lowest BCUT2D eigenvalue weighted by Crippen LogP contribution is -2.37. The van der Waals surface area contributed by atoms with E-state index in [2.05, 4.69) is 20.0 Å². The Morgan fingerprint density at radius 1 is 1.15 bits per heavy atom. The van der Waals surface area contributed by atoms with Gasteiger partial charge < -0.3 is 14.6 Å². The first-order valence-electron chi connectivity index (χ1n) is 8.84. The molecule has 0 amide bonds. The van der Waals surface area contributed by atoms with Crippen LogP contribution in [0.25, 0.3) is 11.3 Å². The molecule has 0 bridgehead atoms. The first kappa shape index (κ1) is 16.7. The zero-order valence-electron chi connectivity index (χ0n) is 15.0. The van der Waals surface area contributed by atoms with E-state index in [0.717, 1.165) is 49.0 Å². The van der Waals surface area contributed by atoms with Gasteiger partial charge in [-0.1, -0.05) is 0 Å². The maximum Gasteiger partial charge on any atom is 0.225 e. The molecule has 4 rings (SSSR count). The summed E-state index contributed by atoms with van der Waals surface area (Å²) in [5.41, 5.74) is 1.86. The standard InChI is InChI=1S/C18H23N7O/c1-23-10-7-19-17(23)16(26)13-4-8-25(9-5-13)18-20-6-3-15(22-18)14-11-21-24(2)12-14/h3,6-7,10-13,16,26H,4-5,8-9H2,1-2H3/t16-/m0/s1. The van der Waals surface area contributed by atoms with E-state index < -0.39 is 6.10 Å². The molecule has 1 saturated heterocycles. The van der Waals surface area contributed by atoms with Crippen molar-refractivity contribution in [3.8, 4) is 11.3 Å². The maximum absolute atomic E-state index is 10.6. The Labute approximate surface area is 152 Å². The van der Waals surface area contributed by atoms with Gasteiger partial charge in [-0.2, -0.15) is 5.10 Å². The van der Waals surface area contributed by atoms with E-state index in [1.807, 2.05) is 43.3 Å². The van der Waals surface area contributed by atoms with Crippen LogP contribution in [-0.2, 0) is 14.1 Å². The van der Waals surface area contributed by atoms with Crippen LogP contribution in [0.15, 0.2) is 37.1 Å². The minimum Gasteiger partial charge on any atom is -0.385 e. The molecule has 8 heteroatoms. The molecule has 26 heavy (non-hydrogen) atoms. The second-order valence-corrected chi connectivity index (χ2v) is 6.81. The van der Waals surface area contributed by atoms with Gasteiger partial charge in [-0.25, -0.2) is 15.0 Å². The molecule has 1 N–H and O–H groups in total. The fraction of sp³-hybridized carbons (Fsp3) is 0.444. The molecule has 1 atom stereocenters. The van der Waals surface area contributed by atoms with Gasteiger partial charge in [-0.15, -0.1) is 0 Å². The molecule has 0 radical (unpaired) electrons. The predicted molar refractivity (Wildman–Crippen MR) is 97.3 cm³/mol. The number of rotatable bonds is 4. The van der Waals surface area contributed by atoms with Gasteiger partial charge in [0.15, 0.2) is 0 Å². The van der Waals surface area contributed by atoms with E-state index in [4.69, 9.17) is 4.98 Å². The quantitative estimate of drug-likeness (QED) is 0.766. The molecule has 3 aromatic heterocycles. The first-order chi connectivity index (χ1) is 12.6. The van der Waals surface area contributed by atoms with Gasteiger partial charge in [0.05, 0.1) is 11.9 Å². The predicted octanol–water partition coefficient (Wildman–Crippen LogP) is 1.56. The van der Waals surface area contributed by atoms with E-state index in [1.165, 1.54) is 0 Å². The molecule has 1 fully saturated rings. The highest BCUT2D eigenvalue weighted by Crippen LogP contribution is 2.31. The number of anilines is 1. The normalized spacial score (nSPS) is 16.8. The van der Waals surface area contributed by atoms with Crippen molar-refractivity contribution >= 4 is 5.95 Å². The zero-order chi connectivity index (χ0) is 18.1. The summed E-state index contributed by atoms with van der Waals surface area (Å²) < 4.78 is 3.65. The molecule has 0 unspecified atom stereocenters. The molecular weight excluding hydrogens is 330 g/mol. The van der Waals surface area contributed by atoms with E-state index in [9.17, 15) is 5.11 Å². The third-order valence-corrected chi connectivity index (χ3v) is 5.04. The van der Waals surface area contributed by atoms with Gasteiger partial charge in [0.1, 0.15) is 11.9 Å². The summed E-state index contributed by atoms with van der Waals surface area (Å²) in [5.74, 6) is 1.67. The molecular formula is C18H23N7O. The molecule has 136 valence electrons. The van der Waals surface area contributed by atoms with Crippen molar-refractivity contribution in [2.45, 2.75) is 18.9 Å². The molecule has 4 heterocycles. The van der Waals surface area contributed by atoms with Crippen LogP contribution in [0.1, 0.15) is 24.8 Å². The van der Waals surface area contributed by atoms with Crippen molar-refractivity contribution in [2.24, 2.45) is 20.0 Å². The number of aliphatic hydroxyl groups is 1. The van der Waals surface area contributed by atoms with Crippen LogP contribution in [0, 0.1) is 5.92 Å². The highest BCUT2D eigenvalue weighted by molar-refractivity contribution is 5.58. The summed E-state index contributed by atoms with van der Waals surface area (Å²) in [5, 5.41) is 14.8. The van der Waals surface area contributed by atoms with Crippen LogP contribution in [0.2, 0.25) is 0 Å². The van der Waals surface area contributed by atoms with Gasteiger partial charge >= 0.3 is 0 Å².